The smallest absolute Gasteiger partial charge is 0.246 e. The van der Waals surface area contributed by atoms with E-state index in [2.05, 4.69) is 15.5 Å². The molecular weight excluding hydrogens is 436 g/mol. The number of ether oxygens (including phenoxy) is 2. The molecule has 0 saturated heterocycles. The van der Waals surface area contributed by atoms with Gasteiger partial charge in [-0.2, -0.15) is 5.10 Å². The highest BCUT2D eigenvalue weighted by molar-refractivity contribution is 7.13. The van der Waals surface area contributed by atoms with Crippen molar-refractivity contribution in [3.05, 3.63) is 68.7 Å². The van der Waals surface area contributed by atoms with E-state index >= 15 is 0 Å². The molecule has 3 N–H and O–H groups in total. The van der Waals surface area contributed by atoms with Crippen LogP contribution in [0.2, 0.25) is 5.02 Å². The summed E-state index contributed by atoms with van der Waals surface area (Å²) in [6, 6.07) is 9.37. The van der Waals surface area contributed by atoms with Crippen molar-refractivity contribution in [2.75, 3.05) is 12.8 Å². The highest BCUT2D eigenvalue weighted by Crippen LogP contribution is 2.27. The van der Waals surface area contributed by atoms with Crippen molar-refractivity contribution in [3.8, 4) is 11.5 Å². The first-order valence-electron chi connectivity index (χ1n) is 9.44. The average molecular weight is 459 g/mol. The van der Waals surface area contributed by atoms with Crippen LogP contribution < -0.4 is 20.6 Å². The molecule has 2 aromatic carbocycles. The molecule has 1 heterocycles. The summed E-state index contributed by atoms with van der Waals surface area (Å²) in [6.07, 6.45) is 1.68. The molecule has 1 amide bonds. The molecule has 0 aliphatic heterocycles. The van der Waals surface area contributed by atoms with Gasteiger partial charge in [-0.3, -0.25) is 4.79 Å². The first-order valence-corrected chi connectivity index (χ1v) is 10.7. The summed E-state index contributed by atoms with van der Waals surface area (Å²) in [7, 11) is 1.61. The summed E-state index contributed by atoms with van der Waals surface area (Å²) in [5.74, 6) is 1.16. The van der Waals surface area contributed by atoms with Gasteiger partial charge in [0.15, 0.2) is 5.13 Å². The van der Waals surface area contributed by atoms with Crippen LogP contribution in [-0.2, 0) is 17.8 Å². The Hall–Kier alpha value is -3.10. The first kappa shape index (κ1) is 22.6. The minimum Gasteiger partial charge on any atom is -0.496 e. The van der Waals surface area contributed by atoms with Gasteiger partial charge >= 0.3 is 0 Å². The minimum atomic E-state index is -0.271. The third-order valence-electron chi connectivity index (χ3n) is 4.42. The third-order valence-corrected chi connectivity index (χ3v) is 5.74. The van der Waals surface area contributed by atoms with Gasteiger partial charge < -0.3 is 15.2 Å². The number of nitrogens with zero attached hydrogens (tertiary/aromatic N) is 2. The van der Waals surface area contributed by atoms with E-state index in [4.69, 9.17) is 26.8 Å². The Labute approximate surface area is 189 Å². The van der Waals surface area contributed by atoms with E-state index in [1.165, 1.54) is 11.3 Å². The van der Waals surface area contributed by atoms with Gasteiger partial charge in [0, 0.05) is 16.0 Å². The number of amides is 1. The lowest BCUT2D eigenvalue weighted by atomic mass is 10.1. The Kier molecular flexibility index (Phi) is 7.49. The average Bonchev–Trinajstić information content (AvgIpc) is 3.14. The molecule has 0 aliphatic rings. The molecule has 3 aromatic rings. The maximum absolute atomic E-state index is 12.0. The molecule has 31 heavy (non-hydrogen) atoms. The summed E-state index contributed by atoms with van der Waals surface area (Å²) < 4.78 is 11.4. The lowest BCUT2D eigenvalue weighted by molar-refractivity contribution is -0.120. The molecule has 0 radical (unpaired) electrons. The van der Waals surface area contributed by atoms with Crippen molar-refractivity contribution < 1.29 is 14.3 Å². The molecular formula is C22H23ClN4O3S. The van der Waals surface area contributed by atoms with Crippen molar-refractivity contribution in [1.82, 2.24) is 10.4 Å². The second-order valence-electron chi connectivity index (χ2n) is 6.88. The van der Waals surface area contributed by atoms with Crippen molar-refractivity contribution in [2.24, 2.45) is 5.10 Å². The summed E-state index contributed by atoms with van der Waals surface area (Å²) in [5.41, 5.74) is 12.2. The van der Waals surface area contributed by atoms with Crippen LogP contribution in [0.4, 0.5) is 5.13 Å². The van der Waals surface area contributed by atoms with Crippen LogP contribution in [0.25, 0.3) is 0 Å². The van der Waals surface area contributed by atoms with Crippen molar-refractivity contribution in [2.45, 2.75) is 26.9 Å². The van der Waals surface area contributed by atoms with Gasteiger partial charge in [0.2, 0.25) is 5.91 Å². The molecule has 7 nitrogen and oxygen atoms in total. The number of nitrogen functional groups attached to an aromatic ring is 1. The Morgan fingerprint density at radius 1 is 1.29 bits per heavy atom. The summed E-state index contributed by atoms with van der Waals surface area (Å²) in [5, 5.41) is 6.94. The van der Waals surface area contributed by atoms with Crippen LogP contribution in [0, 0.1) is 13.8 Å². The van der Waals surface area contributed by atoms with Crippen molar-refractivity contribution in [3.63, 3.8) is 0 Å². The van der Waals surface area contributed by atoms with Crippen LogP contribution in [0.1, 0.15) is 27.9 Å². The van der Waals surface area contributed by atoms with Crippen molar-refractivity contribution in [1.29, 1.82) is 0 Å². The van der Waals surface area contributed by atoms with E-state index < -0.39 is 0 Å². The van der Waals surface area contributed by atoms with Gasteiger partial charge in [0.1, 0.15) is 18.1 Å². The number of methoxy groups -OCH3 is 1. The van der Waals surface area contributed by atoms with E-state index in [1.54, 1.807) is 18.7 Å². The predicted molar refractivity (Wildman–Crippen MR) is 124 cm³/mol. The molecule has 0 bridgehead atoms. The Bertz CT molecular complexity index is 1090. The Morgan fingerprint density at radius 3 is 2.68 bits per heavy atom. The molecule has 0 atom stereocenters. The van der Waals surface area contributed by atoms with E-state index in [1.807, 2.05) is 44.2 Å². The van der Waals surface area contributed by atoms with E-state index in [-0.39, 0.29) is 12.3 Å². The number of aryl methyl sites for hydroxylation is 2. The van der Waals surface area contributed by atoms with Crippen LogP contribution >= 0.6 is 22.9 Å². The molecule has 0 spiro atoms. The van der Waals surface area contributed by atoms with Crippen molar-refractivity contribution >= 4 is 40.2 Å². The minimum absolute atomic E-state index is 0.118. The lowest BCUT2D eigenvalue weighted by Crippen LogP contribution is -2.20. The van der Waals surface area contributed by atoms with Crippen LogP contribution in [0.15, 0.2) is 40.8 Å². The van der Waals surface area contributed by atoms with Gasteiger partial charge in [-0.15, -0.1) is 11.3 Å². The van der Waals surface area contributed by atoms with E-state index in [9.17, 15) is 4.79 Å². The monoisotopic (exact) mass is 458 g/mol. The SMILES string of the molecule is COc1ccc(/C=N/NC(=O)Cc2csc(N)n2)cc1COc1cc(C)c(Cl)c(C)c1. The molecule has 0 unspecified atom stereocenters. The number of halogens is 1. The summed E-state index contributed by atoms with van der Waals surface area (Å²) in [6.45, 7) is 4.19. The predicted octanol–water partition coefficient (Wildman–Crippen LogP) is 4.28. The zero-order valence-corrected chi connectivity index (χ0v) is 19.0. The number of nitrogens with two attached hydrogens (primary N) is 1. The second-order valence-corrected chi connectivity index (χ2v) is 8.15. The first-order chi connectivity index (χ1) is 14.9. The van der Waals surface area contributed by atoms with Crippen LogP contribution in [-0.4, -0.2) is 24.2 Å². The number of hydrogen-bond donors (Lipinski definition) is 2. The number of carbonyl (C=O) groups excluding carboxylic acids is 1. The van der Waals surface area contributed by atoms with Gasteiger partial charge in [-0.05, 0) is 60.9 Å². The molecule has 1 aromatic heterocycles. The molecule has 0 aliphatic carbocycles. The Morgan fingerprint density at radius 2 is 2.03 bits per heavy atom. The van der Waals surface area contributed by atoms with E-state index in [0.29, 0.717) is 23.2 Å². The number of nitrogens with one attached hydrogen (secondary N) is 1. The second kappa shape index (κ2) is 10.3. The molecule has 162 valence electrons. The highest BCUT2D eigenvalue weighted by Gasteiger charge is 2.09. The number of aromatic nitrogens is 1. The fraction of sp³-hybridized carbons (Fsp3) is 0.227. The number of hydrazone groups is 1. The zero-order chi connectivity index (χ0) is 22.4. The number of carbonyl (C=O) groups is 1. The zero-order valence-electron chi connectivity index (χ0n) is 17.4. The maximum atomic E-state index is 12.0. The normalized spacial score (nSPS) is 11.0. The number of rotatable bonds is 8. The fourth-order valence-corrected chi connectivity index (χ4v) is 3.60. The fourth-order valence-electron chi connectivity index (χ4n) is 2.93. The third kappa shape index (κ3) is 6.19. The van der Waals surface area contributed by atoms with Crippen LogP contribution in [0.5, 0.6) is 11.5 Å². The number of thiazole rings is 1. The Balaban J connectivity index is 1.64. The molecule has 0 saturated carbocycles. The maximum Gasteiger partial charge on any atom is 0.246 e. The topological polar surface area (TPSA) is 98.8 Å². The standard InChI is InChI=1S/C22H23ClN4O3S/c1-13-6-18(7-14(2)21(13)23)30-11-16-8-15(4-5-19(16)29-3)10-25-27-20(28)9-17-12-31-22(24)26-17/h4-8,10,12H,9,11H2,1-3H3,(H2,24,26)(H,27,28)/b25-10+. The molecule has 0 fully saturated rings. The number of hydrogen-bond acceptors (Lipinski definition) is 7. The number of benzene rings is 2. The van der Waals surface area contributed by atoms with Gasteiger partial charge in [0.25, 0.3) is 0 Å². The number of anilines is 1. The van der Waals surface area contributed by atoms with Gasteiger partial charge in [0.05, 0.1) is 25.4 Å². The quantitative estimate of drug-likeness (QED) is 0.388. The lowest BCUT2D eigenvalue weighted by Gasteiger charge is -2.13. The van der Waals surface area contributed by atoms with E-state index in [0.717, 1.165) is 33.0 Å². The largest absolute Gasteiger partial charge is 0.496 e. The van der Waals surface area contributed by atoms with Gasteiger partial charge in [-0.25, -0.2) is 10.4 Å². The van der Waals surface area contributed by atoms with Gasteiger partial charge in [-0.1, -0.05) is 11.6 Å². The van der Waals surface area contributed by atoms with Crippen LogP contribution in [0.3, 0.4) is 0 Å². The highest BCUT2D eigenvalue weighted by atomic mass is 35.5. The molecule has 9 heteroatoms. The molecule has 3 rings (SSSR count). The summed E-state index contributed by atoms with van der Waals surface area (Å²) >= 11 is 7.52. The summed E-state index contributed by atoms with van der Waals surface area (Å²) in [4.78, 5) is 16.0.